The lowest BCUT2D eigenvalue weighted by Gasteiger charge is -2.26. The first-order valence-corrected chi connectivity index (χ1v) is 9.65. The summed E-state index contributed by atoms with van der Waals surface area (Å²) in [5, 5.41) is 4.00. The zero-order chi connectivity index (χ0) is 20.5. The molecule has 2 aromatic carbocycles. The molecule has 0 amide bonds. The summed E-state index contributed by atoms with van der Waals surface area (Å²) < 4.78 is 68.0. The van der Waals surface area contributed by atoms with E-state index in [1.165, 1.54) is 30.5 Å². The van der Waals surface area contributed by atoms with Crippen molar-refractivity contribution >= 4 is 10.0 Å². The van der Waals surface area contributed by atoms with Crippen LogP contribution in [-0.4, -0.2) is 34.5 Å². The van der Waals surface area contributed by atoms with E-state index in [-0.39, 0.29) is 0 Å². The van der Waals surface area contributed by atoms with Gasteiger partial charge in [0.25, 0.3) is 0 Å². The van der Waals surface area contributed by atoms with E-state index in [1.54, 1.807) is 31.2 Å². The Morgan fingerprint density at radius 1 is 1.07 bits per heavy atom. The molecular formula is C18H17F3N4O2S. The first-order valence-electron chi connectivity index (χ1n) is 8.21. The summed E-state index contributed by atoms with van der Waals surface area (Å²) in [7, 11) is -3.11. The molecule has 1 atom stereocenters. The normalized spacial score (nSPS) is 13.6. The standard InChI is InChI=1S/C18H17F3N4O2S/c1-13(14-7-9-15(10-8-14)25-12-22-11-23-25)24(2)28(26,27)17-6-4-3-5-16(17)18(19,20)21/h3-13H,1-2H3/t13-/m1/s1. The Bertz CT molecular complexity index is 1050. The highest BCUT2D eigenvalue weighted by molar-refractivity contribution is 7.89. The first kappa shape index (κ1) is 20.0. The molecule has 0 radical (unpaired) electrons. The van der Waals surface area contributed by atoms with Crippen molar-refractivity contribution in [3.8, 4) is 5.69 Å². The van der Waals surface area contributed by atoms with Crippen LogP contribution < -0.4 is 0 Å². The number of halogens is 3. The van der Waals surface area contributed by atoms with Gasteiger partial charge in [0.2, 0.25) is 10.0 Å². The van der Waals surface area contributed by atoms with Crippen LogP contribution in [0.4, 0.5) is 13.2 Å². The van der Waals surface area contributed by atoms with Crippen LogP contribution in [-0.2, 0) is 16.2 Å². The van der Waals surface area contributed by atoms with Crippen LogP contribution in [0.2, 0.25) is 0 Å². The van der Waals surface area contributed by atoms with Crippen molar-refractivity contribution in [3.63, 3.8) is 0 Å². The number of benzene rings is 2. The van der Waals surface area contributed by atoms with Crippen molar-refractivity contribution in [1.29, 1.82) is 0 Å². The smallest absolute Gasteiger partial charge is 0.223 e. The zero-order valence-electron chi connectivity index (χ0n) is 15.0. The molecule has 0 aliphatic heterocycles. The summed E-state index contributed by atoms with van der Waals surface area (Å²) in [4.78, 5) is 3.08. The van der Waals surface area contributed by atoms with Gasteiger partial charge in [-0.25, -0.2) is 18.1 Å². The molecule has 0 bridgehead atoms. The second kappa shape index (κ2) is 7.36. The van der Waals surface area contributed by atoms with Gasteiger partial charge >= 0.3 is 6.18 Å². The third kappa shape index (κ3) is 3.78. The second-order valence-electron chi connectivity index (χ2n) is 6.12. The van der Waals surface area contributed by atoms with Gasteiger partial charge in [-0.05, 0) is 36.8 Å². The SMILES string of the molecule is C[C@H](c1ccc(-n2cncn2)cc1)N(C)S(=O)(=O)c1ccccc1C(F)(F)F. The topological polar surface area (TPSA) is 68.1 Å². The summed E-state index contributed by atoms with van der Waals surface area (Å²) in [6.07, 6.45) is -1.87. The Hall–Kier alpha value is -2.72. The predicted molar refractivity (Wildman–Crippen MR) is 96.2 cm³/mol. The highest BCUT2D eigenvalue weighted by atomic mass is 32.2. The van der Waals surface area contributed by atoms with Crippen molar-refractivity contribution in [3.05, 3.63) is 72.3 Å². The highest BCUT2D eigenvalue weighted by Crippen LogP contribution is 2.36. The summed E-state index contributed by atoms with van der Waals surface area (Å²) in [5.74, 6) is 0. The van der Waals surface area contributed by atoms with Gasteiger partial charge in [-0.2, -0.15) is 22.6 Å². The van der Waals surface area contributed by atoms with Gasteiger partial charge in [0.05, 0.1) is 16.1 Å². The average Bonchev–Trinajstić information content (AvgIpc) is 3.21. The Morgan fingerprint density at radius 3 is 2.29 bits per heavy atom. The number of hydrogen-bond acceptors (Lipinski definition) is 4. The number of alkyl halides is 3. The van der Waals surface area contributed by atoms with Crippen LogP contribution in [0.5, 0.6) is 0 Å². The largest absolute Gasteiger partial charge is 0.417 e. The fourth-order valence-corrected chi connectivity index (χ4v) is 4.31. The molecule has 3 rings (SSSR count). The monoisotopic (exact) mass is 410 g/mol. The predicted octanol–water partition coefficient (Wildman–Crippen LogP) is 3.67. The zero-order valence-corrected chi connectivity index (χ0v) is 15.8. The van der Waals surface area contributed by atoms with Gasteiger partial charge in [-0.1, -0.05) is 24.3 Å². The van der Waals surface area contributed by atoms with E-state index in [9.17, 15) is 21.6 Å². The lowest BCUT2D eigenvalue weighted by atomic mass is 10.1. The minimum atomic E-state index is -4.77. The maximum atomic E-state index is 13.2. The molecule has 0 aliphatic carbocycles. The number of rotatable bonds is 5. The molecule has 0 saturated heterocycles. The highest BCUT2D eigenvalue weighted by Gasteiger charge is 2.39. The minimum Gasteiger partial charge on any atom is -0.223 e. The third-order valence-corrected chi connectivity index (χ3v) is 6.44. The molecule has 0 spiro atoms. The van der Waals surface area contributed by atoms with E-state index in [0.717, 1.165) is 28.2 Å². The van der Waals surface area contributed by atoms with Crippen molar-refractivity contribution in [2.45, 2.75) is 24.0 Å². The molecule has 3 aromatic rings. The quantitative estimate of drug-likeness (QED) is 0.644. The number of hydrogen-bond donors (Lipinski definition) is 0. The summed E-state index contributed by atoms with van der Waals surface area (Å²) in [6.45, 7) is 1.61. The Balaban J connectivity index is 1.92. The van der Waals surface area contributed by atoms with Crippen molar-refractivity contribution in [2.24, 2.45) is 0 Å². The van der Waals surface area contributed by atoms with Crippen LogP contribution >= 0.6 is 0 Å². The van der Waals surface area contributed by atoms with E-state index in [2.05, 4.69) is 10.1 Å². The number of sulfonamides is 1. The van der Waals surface area contributed by atoms with E-state index in [4.69, 9.17) is 0 Å². The molecule has 0 unspecified atom stereocenters. The Morgan fingerprint density at radius 2 is 1.71 bits per heavy atom. The fraction of sp³-hybridized carbons (Fsp3) is 0.222. The summed E-state index contributed by atoms with van der Waals surface area (Å²) in [6, 6.07) is 10.3. The minimum absolute atomic E-state index is 0.624. The molecule has 148 valence electrons. The van der Waals surface area contributed by atoms with E-state index in [0.29, 0.717) is 5.56 Å². The van der Waals surface area contributed by atoms with E-state index in [1.807, 2.05) is 0 Å². The Kier molecular flexibility index (Phi) is 5.26. The van der Waals surface area contributed by atoms with Crippen LogP contribution in [0.1, 0.15) is 24.1 Å². The molecule has 28 heavy (non-hydrogen) atoms. The lowest BCUT2D eigenvalue weighted by molar-refractivity contribution is -0.139. The maximum Gasteiger partial charge on any atom is 0.417 e. The number of nitrogens with zero attached hydrogens (tertiary/aromatic N) is 4. The first-order chi connectivity index (χ1) is 13.1. The molecule has 1 heterocycles. The Labute approximate surface area is 160 Å². The van der Waals surface area contributed by atoms with Gasteiger partial charge in [0.15, 0.2) is 0 Å². The molecule has 0 fully saturated rings. The van der Waals surface area contributed by atoms with Crippen LogP contribution in [0.25, 0.3) is 5.69 Å². The molecule has 1 aromatic heterocycles. The molecule has 0 aliphatic rings. The maximum absolute atomic E-state index is 13.2. The molecular weight excluding hydrogens is 393 g/mol. The second-order valence-corrected chi connectivity index (χ2v) is 8.09. The summed E-state index contributed by atoms with van der Waals surface area (Å²) >= 11 is 0. The molecule has 0 N–H and O–H groups in total. The average molecular weight is 410 g/mol. The van der Waals surface area contributed by atoms with E-state index < -0.39 is 32.7 Å². The molecule has 6 nitrogen and oxygen atoms in total. The van der Waals surface area contributed by atoms with Gasteiger partial charge in [-0.15, -0.1) is 0 Å². The molecule has 0 saturated carbocycles. The van der Waals surface area contributed by atoms with Crippen LogP contribution in [0, 0.1) is 0 Å². The van der Waals surface area contributed by atoms with Gasteiger partial charge in [0, 0.05) is 13.1 Å². The van der Waals surface area contributed by atoms with Gasteiger partial charge in [0.1, 0.15) is 12.7 Å². The van der Waals surface area contributed by atoms with Crippen molar-refractivity contribution in [1.82, 2.24) is 19.1 Å². The fourth-order valence-electron chi connectivity index (χ4n) is 2.75. The van der Waals surface area contributed by atoms with Crippen molar-refractivity contribution < 1.29 is 21.6 Å². The van der Waals surface area contributed by atoms with Gasteiger partial charge < -0.3 is 0 Å². The lowest BCUT2D eigenvalue weighted by Crippen LogP contribution is -2.31. The van der Waals surface area contributed by atoms with E-state index >= 15 is 0 Å². The van der Waals surface area contributed by atoms with Crippen LogP contribution in [0.3, 0.4) is 0 Å². The summed E-state index contributed by atoms with van der Waals surface area (Å²) in [5.41, 5.74) is 0.163. The van der Waals surface area contributed by atoms with Crippen LogP contribution in [0.15, 0.2) is 66.1 Å². The van der Waals surface area contributed by atoms with Crippen molar-refractivity contribution in [2.75, 3.05) is 7.05 Å². The molecule has 10 heteroatoms. The third-order valence-electron chi connectivity index (χ3n) is 4.45. The van der Waals surface area contributed by atoms with Gasteiger partial charge in [-0.3, -0.25) is 0 Å². The number of aromatic nitrogens is 3.